The van der Waals surface area contributed by atoms with Gasteiger partial charge in [0.2, 0.25) is 11.7 Å². The average Bonchev–Trinajstić information content (AvgIpc) is 3.11. The van der Waals surface area contributed by atoms with Crippen molar-refractivity contribution < 1.29 is 8.91 Å². The van der Waals surface area contributed by atoms with Gasteiger partial charge in [-0.3, -0.25) is 0 Å². The Kier molecular flexibility index (Phi) is 4.54. The lowest BCUT2D eigenvalue weighted by Gasteiger charge is -2.12. The fourth-order valence-corrected chi connectivity index (χ4v) is 3.00. The van der Waals surface area contributed by atoms with Gasteiger partial charge < -0.3 is 9.84 Å². The summed E-state index contributed by atoms with van der Waals surface area (Å²) in [5, 5.41) is 8.30. The molecule has 2 heterocycles. The number of anilines is 2. The number of fused-ring (bicyclic) bond motifs is 1. The van der Waals surface area contributed by atoms with Crippen molar-refractivity contribution in [3.05, 3.63) is 65.8 Å². The Hall–Kier alpha value is -3.28. The first-order valence-electron chi connectivity index (χ1n) is 8.90. The Balaban J connectivity index is 1.86. The fraction of sp³-hybridized carbons (Fsp3) is 0.190. The monoisotopic (exact) mass is 362 g/mol. The van der Waals surface area contributed by atoms with Crippen molar-refractivity contribution in [3.8, 4) is 11.4 Å². The van der Waals surface area contributed by atoms with Crippen molar-refractivity contribution in [2.24, 2.45) is 0 Å². The maximum absolute atomic E-state index is 13.6. The van der Waals surface area contributed by atoms with Crippen molar-refractivity contribution >= 4 is 22.4 Å². The molecular formula is C21H19FN4O. The highest BCUT2D eigenvalue weighted by Gasteiger charge is 2.16. The highest BCUT2D eigenvalue weighted by atomic mass is 19.1. The van der Waals surface area contributed by atoms with E-state index in [1.165, 1.54) is 12.1 Å². The zero-order valence-electron chi connectivity index (χ0n) is 15.2. The molecule has 0 saturated carbocycles. The molecule has 0 unspecified atom stereocenters. The number of hydrogen-bond acceptors (Lipinski definition) is 5. The summed E-state index contributed by atoms with van der Waals surface area (Å²) in [4.78, 5) is 9.26. The topological polar surface area (TPSA) is 63.8 Å². The Labute approximate surface area is 156 Å². The number of hydrogen-bond donors (Lipinski definition) is 1. The second-order valence-electron chi connectivity index (χ2n) is 6.43. The van der Waals surface area contributed by atoms with Crippen molar-refractivity contribution in [1.82, 2.24) is 15.1 Å². The maximum Gasteiger partial charge on any atom is 0.226 e. The molecule has 0 saturated heterocycles. The van der Waals surface area contributed by atoms with Crippen molar-refractivity contribution in [1.29, 1.82) is 0 Å². The SMILES string of the molecule is CCCc1nc(-c2cc3cccc(C)c3nc2Nc2cccc(F)c2)no1. The van der Waals surface area contributed by atoms with Gasteiger partial charge in [0.05, 0.1) is 11.1 Å². The average molecular weight is 362 g/mol. The fourth-order valence-electron chi connectivity index (χ4n) is 3.00. The van der Waals surface area contributed by atoms with Crippen LogP contribution < -0.4 is 5.32 Å². The van der Waals surface area contributed by atoms with Crippen LogP contribution in [0.2, 0.25) is 0 Å². The molecule has 0 bridgehead atoms. The predicted molar refractivity (Wildman–Crippen MR) is 103 cm³/mol. The molecule has 6 heteroatoms. The molecule has 0 spiro atoms. The van der Waals surface area contributed by atoms with E-state index in [0.717, 1.165) is 29.3 Å². The third-order valence-corrected chi connectivity index (χ3v) is 4.31. The quantitative estimate of drug-likeness (QED) is 0.513. The standard InChI is InChI=1S/C21H19FN4O/c1-3-6-18-24-21(26-27-18)17-11-14-8-4-7-13(2)19(14)25-20(17)23-16-10-5-9-15(22)12-16/h4-5,7-12H,3,6H2,1-2H3,(H,23,25). The van der Waals surface area contributed by atoms with Crippen LogP contribution in [-0.4, -0.2) is 15.1 Å². The van der Waals surface area contributed by atoms with Gasteiger partial charge in [0.25, 0.3) is 0 Å². The van der Waals surface area contributed by atoms with E-state index in [1.54, 1.807) is 12.1 Å². The second kappa shape index (κ2) is 7.15. The molecule has 0 aliphatic rings. The number of pyridine rings is 1. The molecule has 0 atom stereocenters. The lowest BCUT2D eigenvalue weighted by molar-refractivity contribution is 0.378. The van der Waals surface area contributed by atoms with Crippen LogP contribution >= 0.6 is 0 Å². The number of aromatic nitrogens is 3. The smallest absolute Gasteiger partial charge is 0.226 e. The normalized spacial score (nSPS) is 11.1. The lowest BCUT2D eigenvalue weighted by atomic mass is 10.1. The molecule has 0 aliphatic heterocycles. The maximum atomic E-state index is 13.6. The van der Waals surface area contributed by atoms with Crippen LogP contribution in [0.15, 0.2) is 53.1 Å². The van der Waals surface area contributed by atoms with E-state index < -0.39 is 0 Å². The molecule has 0 amide bonds. The lowest BCUT2D eigenvalue weighted by Crippen LogP contribution is -1.99. The molecule has 2 aromatic heterocycles. The van der Waals surface area contributed by atoms with E-state index in [1.807, 2.05) is 31.2 Å². The molecule has 0 aliphatic carbocycles. The summed E-state index contributed by atoms with van der Waals surface area (Å²) in [5.41, 5.74) is 3.25. The van der Waals surface area contributed by atoms with E-state index in [-0.39, 0.29) is 5.82 Å². The minimum atomic E-state index is -0.316. The van der Waals surface area contributed by atoms with Gasteiger partial charge in [-0.25, -0.2) is 9.37 Å². The molecule has 136 valence electrons. The van der Waals surface area contributed by atoms with Gasteiger partial charge in [0, 0.05) is 17.5 Å². The number of halogens is 1. The van der Waals surface area contributed by atoms with Gasteiger partial charge in [-0.2, -0.15) is 4.98 Å². The minimum absolute atomic E-state index is 0.316. The number of nitrogens with one attached hydrogen (secondary N) is 1. The Morgan fingerprint density at radius 2 is 1.93 bits per heavy atom. The van der Waals surface area contributed by atoms with Crippen LogP contribution in [0.25, 0.3) is 22.3 Å². The first-order chi connectivity index (χ1) is 13.1. The molecule has 2 aromatic carbocycles. The van der Waals surface area contributed by atoms with Crippen LogP contribution in [0.5, 0.6) is 0 Å². The summed E-state index contributed by atoms with van der Waals surface area (Å²) >= 11 is 0. The van der Waals surface area contributed by atoms with Gasteiger partial charge in [-0.15, -0.1) is 0 Å². The first kappa shape index (κ1) is 17.1. The number of nitrogens with zero attached hydrogens (tertiary/aromatic N) is 3. The molecule has 4 aromatic rings. The largest absolute Gasteiger partial charge is 0.340 e. The molecular weight excluding hydrogens is 343 g/mol. The van der Waals surface area contributed by atoms with E-state index in [2.05, 4.69) is 22.4 Å². The predicted octanol–water partition coefficient (Wildman–Crippen LogP) is 5.43. The minimum Gasteiger partial charge on any atom is -0.340 e. The van der Waals surface area contributed by atoms with Crippen molar-refractivity contribution in [2.75, 3.05) is 5.32 Å². The summed E-state index contributed by atoms with van der Waals surface area (Å²) in [6, 6.07) is 14.2. The Morgan fingerprint density at radius 3 is 2.74 bits per heavy atom. The third-order valence-electron chi connectivity index (χ3n) is 4.31. The number of aryl methyl sites for hydroxylation is 2. The van der Waals surface area contributed by atoms with Crippen LogP contribution in [0.3, 0.4) is 0 Å². The van der Waals surface area contributed by atoms with Crippen LogP contribution in [-0.2, 0) is 6.42 Å². The Bertz CT molecular complexity index is 1110. The first-order valence-corrected chi connectivity index (χ1v) is 8.90. The molecule has 1 N–H and O–H groups in total. The molecule has 27 heavy (non-hydrogen) atoms. The highest BCUT2D eigenvalue weighted by molar-refractivity contribution is 5.90. The van der Waals surface area contributed by atoms with Crippen molar-refractivity contribution in [3.63, 3.8) is 0 Å². The van der Waals surface area contributed by atoms with Crippen LogP contribution in [0.1, 0.15) is 24.8 Å². The van der Waals surface area contributed by atoms with E-state index >= 15 is 0 Å². The zero-order valence-corrected chi connectivity index (χ0v) is 15.2. The van der Waals surface area contributed by atoms with Crippen molar-refractivity contribution in [2.45, 2.75) is 26.7 Å². The van der Waals surface area contributed by atoms with E-state index in [9.17, 15) is 4.39 Å². The van der Waals surface area contributed by atoms with Crippen LogP contribution in [0.4, 0.5) is 15.9 Å². The molecule has 0 radical (unpaired) electrons. The summed E-state index contributed by atoms with van der Waals surface area (Å²) in [7, 11) is 0. The zero-order chi connectivity index (χ0) is 18.8. The summed E-state index contributed by atoms with van der Waals surface area (Å²) in [5.74, 6) is 1.30. The van der Waals surface area contributed by atoms with Gasteiger partial charge in [0.1, 0.15) is 11.6 Å². The summed E-state index contributed by atoms with van der Waals surface area (Å²) in [6.07, 6.45) is 1.64. The Morgan fingerprint density at radius 1 is 1.07 bits per heavy atom. The van der Waals surface area contributed by atoms with E-state index in [0.29, 0.717) is 28.8 Å². The summed E-state index contributed by atoms with van der Waals surface area (Å²) < 4.78 is 18.9. The van der Waals surface area contributed by atoms with E-state index in [4.69, 9.17) is 9.51 Å². The molecule has 4 rings (SSSR count). The van der Waals surface area contributed by atoms with Gasteiger partial charge in [-0.1, -0.05) is 36.3 Å². The highest BCUT2D eigenvalue weighted by Crippen LogP contribution is 2.31. The van der Waals surface area contributed by atoms with Gasteiger partial charge >= 0.3 is 0 Å². The molecule has 5 nitrogen and oxygen atoms in total. The number of rotatable bonds is 5. The number of para-hydroxylation sites is 1. The summed E-state index contributed by atoms with van der Waals surface area (Å²) in [6.45, 7) is 4.07. The molecule has 0 fully saturated rings. The number of benzene rings is 2. The van der Waals surface area contributed by atoms with Gasteiger partial charge in [-0.05, 0) is 43.2 Å². The second-order valence-corrected chi connectivity index (χ2v) is 6.43. The van der Waals surface area contributed by atoms with Gasteiger partial charge in [0.15, 0.2) is 0 Å². The van der Waals surface area contributed by atoms with Crippen LogP contribution in [0, 0.1) is 12.7 Å². The third kappa shape index (κ3) is 3.51.